The summed E-state index contributed by atoms with van der Waals surface area (Å²) in [7, 11) is 0. The van der Waals surface area contributed by atoms with Crippen LogP contribution >= 0.6 is 0 Å². The van der Waals surface area contributed by atoms with E-state index < -0.39 is 0 Å². The van der Waals surface area contributed by atoms with Crippen molar-refractivity contribution in [3.05, 3.63) is 29.3 Å². The second-order valence-electron chi connectivity index (χ2n) is 5.36. The van der Waals surface area contributed by atoms with Gasteiger partial charge in [0.25, 0.3) is 0 Å². The zero-order valence-electron chi connectivity index (χ0n) is 9.58. The Hall–Kier alpha value is -1.02. The van der Waals surface area contributed by atoms with Gasteiger partial charge in [0.15, 0.2) is 0 Å². The van der Waals surface area contributed by atoms with Crippen LogP contribution in [0, 0.1) is 5.92 Å². The van der Waals surface area contributed by atoms with Gasteiger partial charge in [-0.25, -0.2) is 0 Å². The number of benzene rings is 1. The second-order valence-corrected chi connectivity index (χ2v) is 5.36. The lowest BCUT2D eigenvalue weighted by Gasteiger charge is -2.46. The van der Waals surface area contributed by atoms with Crippen LogP contribution in [0.15, 0.2) is 18.2 Å². The molecule has 0 spiro atoms. The third-order valence-electron chi connectivity index (χ3n) is 4.48. The molecule has 0 amide bonds. The fraction of sp³-hybridized carbons (Fsp3) is 0.571. The topological polar surface area (TPSA) is 46.2 Å². The van der Waals surface area contributed by atoms with Crippen LogP contribution in [-0.4, -0.2) is 5.11 Å². The lowest BCUT2D eigenvalue weighted by Crippen LogP contribution is -2.49. The lowest BCUT2D eigenvalue weighted by molar-refractivity contribution is 0.165. The number of nitrogens with two attached hydrogens (primary N) is 1. The van der Waals surface area contributed by atoms with Gasteiger partial charge in [-0.1, -0.05) is 18.9 Å². The van der Waals surface area contributed by atoms with Crippen molar-refractivity contribution in [2.24, 2.45) is 11.7 Å². The molecular formula is C14H19NO. The maximum atomic E-state index is 9.64. The Balaban J connectivity index is 2.11. The molecule has 0 radical (unpaired) electrons. The summed E-state index contributed by atoms with van der Waals surface area (Å²) in [5, 5.41) is 9.64. The van der Waals surface area contributed by atoms with Crippen molar-refractivity contribution in [3.63, 3.8) is 0 Å². The Bertz CT molecular complexity index is 415. The van der Waals surface area contributed by atoms with Gasteiger partial charge in [-0.15, -0.1) is 0 Å². The van der Waals surface area contributed by atoms with E-state index in [1.165, 1.54) is 36.8 Å². The van der Waals surface area contributed by atoms with Crippen molar-refractivity contribution in [3.8, 4) is 5.75 Å². The van der Waals surface area contributed by atoms with Gasteiger partial charge in [0, 0.05) is 5.54 Å². The molecular weight excluding hydrogens is 198 g/mol. The molecule has 0 aromatic heterocycles. The summed E-state index contributed by atoms with van der Waals surface area (Å²) in [4.78, 5) is 0. The molecule has 1 fully saturated rings. The molecule has 1 saturated carbocycles. The van der Waals surface area contributed by atoms with E-state index in [0.29, 0.717) is 11.7 Å². The normalized spacial score (nSPS) is 32.9. The van der Waals surface area contributed by atoms with Gasteiger partial charge in [-0.3, -0.25) is 0 Å². The first kappa shape index (κ1) is 10.2. The Morgan fingerprint density at radius 2 is 2.12 bits per heavy atom. The van der Waals surface area contributed by atoms with E-state index in [2.05, 4.69) is 0 Å². The lowest BCUT2D eigenvalue weighted by atomic mass is 9.63. The Labute approximate surface area is 96.5 Å². The number of hydrogen-bond acceptors (Lipinski definition) is 2. The number of aryl methyl sites for hydroxylation is 1. The summed E-state index contributed by atoms with van der Waals surface area (Å²) >= 11 is 0. The Morgan fingerprint density at radius 1 is 1.25 bits per heavy atom. The molecule has 2 aliphatic rings. The molecule has 2 aliphatic carbocycles. The third-order valence-corrected chi connectivity index (χ3v) is 4.48. The van der Waals surface area contributed by atoms with Crippen LogP contribution in [0.4, 0.5) is 0 Å². The monoisotopic (exact) mass is 217 g/mol. The van der Waals surface area contributed by atoms with Crippen LogP contribution in [0.2, 0.25) is 0 Å². The van der Waals surface area contributed by atoms with Crippen LogP contribution in [0.3, 0.4) is 0 Å². The predicted octanol–water partition coefficient (Wildman–Crippen LogP) is 2.68. The average molecular weight is 217 g/mol. The minimum atomic E-state index is -0.162. The van der Waals surface area contributed by atoms with Crippen LogP contribution in [0.25, 0.3) is 0 Å². The van der Waals surface area contributed by atoms with Gasteiger partial charge in [0.2, 0.25) is 0 Å². The highest BCUT2D eigenvalue weighted by molar-refractivity contribution is 5.42. The molecule has 0 heterocycles. The fourth-order valence-electron chi connectivity index (χ4n) is 3.57. The molecule has 2 heteroatoms. The molecule has 3 rings (SSSR count). The summed E-state index contributed by atoms with van der Waals surface area (Å²) in [6, 6.07) is 5.72. The zero-order valence-corrected chi connectivity index (χ0v) is 9.58. The van der Waals surface area contributed by atoms with Crippen molar-refractivity contribution in [2.45, 2.75) is 44.1 Å². The molecule has 0 aliphatic heterocycles. The van der Waals surface area contributed by atoms with Gasteiger partial charge < -0.3 is 10.8 Å². The average Bonchev–Trinajstić information content (AvgIpc) is 2.29. The van der Waals surface area contributed by atoms with E-state index >= 15 is 0 Å². The van der Waals surface area contributed by atoms with Crippen molar-refractivity contribution in [2.75, 3.05) is 0 Å². The molecule has 16 heavy (non-hydrogen) atoms. The minimum Gasteiger partial charge on any atom is -0.508 e. The molecule has 1 aromatic carbocycles. The summed E-state index contributed by atoms with van der Waals surface area (Å²) in [6.07, 6.45) is 7.22. The predicted molar refractivity (Wildman–Crippen MR) is 64.3 cm³/mol. The van der Waals surface area contributed by atoms with E-state index in [-0.39, 0.29) is 5.54 Å². The summed E-state index contributed by atoms with van der Waals surface area (Å²) in [5.41, 5.74) is 9.03. The number of aromatic hydroxyl groups is 1. The van der Waals surface area contributed by atoms with Gasteiger partial charge in [0.1, 0.15) is 5.75 Å². The number of rotatable bonds is 0. The molecule has 2 nitrogen and oxygen atoms in total. The van der Waals surface area contributed by atoms with E-state index in [0.717, 1.165) is 12.8 Å². The van der Waals surface area contributed by atoms with Gasteiger partial charge in [-0.05, 0) is 54.9 Å². The number of fused-ring (bicyclic) bond motifs is 3. The quantitative estimate of drug-likeness (QED) is 0.702. The minimum absolute atomic E-state index is 0.162. The van der Waals surface area contributed by atoms with Crippen molar-refractivity contribution in [1.82, 2.24) is 0 Å². The molecule has 0 unspecified atom stereocenters. The van der Waals surface area contributed by atoms with Crippen molar-refractivity contribution < 1.29 is 5.11 Å². The highest BCUT2D eigenvalue weighted by Crippen LogP contribution is 2.47. The Kier molecular flexibility index (Phi) is 2.21. The molecule has 0 bridgehead atoms. The molecule has 1 aromatic rings. The third kappa shape index (κ3) is 1.36. The van der Waals surface area contributed by atoms with Crippen LogP contribution in [0.5, 0.6) is 5.75 Å². The van der Waals surface area contributed by atoms with Crippen molar-refractivity contribution >= 4 is 0 Å². The van der Waals surface area contributed by atoms with E-state index in [9.17, 15) is 5.11 Å². The molecule has 2 atom stereocenters. The van der Waals surface area contributed by atoms with Gasteiger partial charge in [0.05, 0.1) is 0 Å². The van der Waals surface area contributed by atoms with E-state index in [4.69, 9.17) is 5.73 Å². The first-order valence-corrected chi connectivity index (χ1v) is 6.31. The molecule has 86 valence electrons. The Morgan fingerprint density at radius 3 is 3.00 bits per heavy atom. The fourth-order valence-corrected chi connectivity index (χ4v) is 3.57. The summed E-state index contributed by atoms with van der Waals surface area (Å²) in [6.45, 7) is 0. The largest absolute Gasteiger partial charge is 0.508 e. The first-order chi connectivity index (χ1) is 7.70. The summed E-state index contributed by atoms with van der Waals surface area (Å²) in [5.74, 6) is 0.977. The standard InChI is InChI=1S/C14H19NO/c15-14-8-2-1-3-11(14)6-4-10-5-7-12(16)9-13(10)14/h5,7,9,11,16H,1-4,6,8,15H2/t11-,14+/m0/s1. The number of phenolic OH excluding ortho intramolecular Hbond substituents is 1. The SMILES string of the molecule is N[C@]12CCCC[C@H]1CCc1ccc(O)cc12. The van der Waals surface area contributed by atoms with Crippen LogP contribution in [-0.2, 0) is 12.0 Å². The van der Waals surface area contributed by atoms with Gasteiger partial charge in [-0.2, -0.15) is 0 Å². The maximum Gasteiger partial charge on any atom is 0.115 e. The summed E-state index contributed by atoms with van der Waals surface area (Å²) < 4.78 is 0. The van der Waals surface area contributed by atoms with E-state index in [1.807, 2.05) is 12.1 Å². The maximum absolute atomic E-state index is 9.64. The highest BCUT2D eigenvalue weighted by atomic mass is 16.3. The van der Waals surface area contributed by atoms with Crippen molar-refractivity contribution in [1.29, 1.82) is 0 Å². The van der Waals surface area contributed by atoms with Crippen LogP contribution < -0.4 is 5.73 Å². The second kappa shape index (κ2) is 3.49. The highest BCUT2D eigenvalue weighted by Gasteiger charge is 2.42. The van der Waals surface area contributed by atoms with Crippen LogP contribution in [0.1, 0.15) is 43.2 Å². The smallest absolute Gasteiger partial charge is 0.115 e. The zero-order chi connectivity index (χ0) is 11.2. The first-order valence-electron chi connectivity index (χ1n) is 6.31. The van der Waals surface area contributed by atoms with E-state index in [1.54, 1.807) is 6.07 Å². The number of phenols is 1. The van der Waals surface area contributed by atoms with Gasteiger partial charge >= 0.3 is 0 Å². The number of hydrogen-bond donors (Lipinski definition) is 2. The molecule has 0 saturated heterocycles. The molecule has 3 N–H and O–H groups in total.